The summed E-state index contributed by atoms with van der Waals surface area (Å²) in [5.41, 5.74) is 3.28. The SMILES string of the molecule is CCCC[C@H](CC(=O)NOCc1ccccc1)S(=O)(=O)c1ccccc1. The number of hydrogen-bond donors (Lipinski definition) is 1. The highest BCUT2D eigenvalue weighted by atomic mass is 32.2. The van der Waals surface area contributed by atoms with E-state index < -0.39 is 21.0 Å². The quantitative estimate of drug-likeness (QED) is 0.643. The van der Waals surface area contributed by atoms with Crippen molar-refractivity contribution in [3.05, 3.63) is 66.2 Å². The molecule has 2 aromatic rings. The minimum atomic E-state index is -3.56. The molecule has 0 aromatic heterocycles. The number of sulfone groups is 1. The lowest BCUT2D eigenvalue weighted by Gasteiger charge is -2.17. The van der Waals surface area contributed by atoms with Crippen LogP contribution in [0.4, 0.5) is 0 Å². The minimum Gasteiger partial charge on any atom is -0.273 e. The Morgan fingerprint density at radius 2 is 1.65 bits per heavy atom. The summed E-state index contributed by atoms with van der Waals surface area (Å²) in [6, 6.07) is 17.7. The molecular formula is C20H25NO4S. The topological polar surface area (TPSA) is 72.5 Å². The van der Waals surface area contributed by atoms with Gasteiger partial charge in [-0.2, -0.15) is 0 Å². The van der Waals surface area contributed by atoms with Crippen LogP contribution in [0.1, 0.15) is 38.2 Å². The molecule has 0 aliphatic carbocycles. The number of benzene rings is 2. The van der Waals surface area contributed by atoms with Crippen molar-refractivity contribution in [2.24, 2.45) is 0 Å². The van der Waals surface area contributed by atoms with Gasteiger partial charge < -0.3 is 0 Å². The fraction of sp³-hybridized carbons (Fsp3) is 0.350. The summed E-state index contributed by atoms with van der Waals surface area (Å²) in [6.45, 7) is 2.23. The van der Waals surface area contributed by atoms with Crippen LogP contribution in [0.25, 0.3) is 0 Å². The van der Waals surface area contributed by atoms with E-state index >= 15 is 0 Å². The first-order chi connectivity index (χ1) is 12.5. The molecule has 0 saturated heterocycles. The number of hydrogen-bond acceptors (Lipinski definition) is 4. The number of amides is 1. The molecule has 0 unspecified atom stereocenters. The summed E-state index contributed by atoms with van der Waals surface area (Å²) in [5.74, 6) is -0.429. The summed E-state index contributed by atoms with van der Waals surface area (Å²) < 4.78 is 25.7. The molecule has 0 aliphatic heterocycles. The lowest BCUT2D eigenvalue weighted by Crippen LogP contribution is -2.31. The first kappa shape index (κ1) is 20.1. The van der Waals surface area contributed by atoms with Crippen LogP contribution in [-0.2, 0) is 26.1 Å². The third kappa shape index (κ3) is 5.97. The second-order valence-electron chi connectivity index (χ2n) is 6.13. The van der Waals surface area contributed by atoms with Gasteiger partial charge in [-0.15, -0.1) is 0 Å². The van der Waals surface area contributed by atoms with E-state index in [0.29, 0.717) is 6.42 Å². The fourth-order valence-electron chi connectivity index (χ4n) is 2.62. The molecule has 0 spiro atoms. The molecule has 5 nitrogen and oxygen atoms in total. The predicted octanol–water partition coefficient (Wildman–Crippen LogP) is 3.66. The summed E-state index contributed by atoms with van der Waals surface area (Å²) in [6.07, 6.45) is 1.94. The Bertz CT molecular complexity index is 776. The van der Waals surface area contributed by atoms with Crippen molar-refractivity contribution < 1.29 is 18.0 Å². The van der Waals surface area contributed by atoms with Gasteiger partial charge in [0.2, 0.25) is 5.91 Å². The fourth-order valence-corrected chi connectivity index (χ4v) is 4.39. The second kappa shape index (κ2) is 10.1. The molecule has 140 valence electrons. The van der Waals surface area contributed by atoms with E-state index in [1.165, 1.54) is 0 Å². The number of nitrogens with one attached hydrogen (secondary N) is 1. The van der Waals surface area contributed by atoms with Crippen LogP contribution >= 0.6 is 0 Å². The Hall–Kier alpha value is -2.18. The third-order valence-corrected chi connectivity index (χ3v) is 6.28. The van der Waals surface area contributed by atoms with E-state index in [9.17, 15) is 13.2 Å². The Morgan fingerprint density at radius 1 is 1.04 bits per heavy atom. The predicted molar refractivity (Wildman–Crippen MR) is 101 cm³/mol. The zero-order chi connectivity index (χ0) is 18.8. The molecule has 1 N–H and O–H groups in total. The van der Waals surface area contributed by atoms with Gasteiger partial charge in [-0.05, 0) is 24.1 Å². The Balaban J connectivity index is 1.97. The van der Waals surface area contributed by atoms with Gasteiger partial charge in [0.1, 0.15) is 0 Å². The van der Waals surface area contributed by atoms with E-state index in [-0.39, 0.29) is 17.9 Å². The molecule has 1 atom stereocenters. The van der Waals surface area contributed by atoms with Crippen molar-refractivity contribution in [3.8, 4) is 0 Å². The van der Waals surface area contributed by atoms with Gasteiger partial charge in [0.05, 0.1) is 16.8 Å². The van der Waals surface area contributed by atoms with E-state index in [4.69, 9.17) is 4.84 Å². The third-order valence-electron chi connectivity index (χ3n) is 4.07. The van der Waals surface area contributed by atoms with Gasteiger partial charge in [0.25, 0.3) is 0 Å². The van der Waals surface area contributed by atoms with Gasteiger partial charge in [0.15, 0.2) is 9.84 Å². The highest BCUT2D eigenvalue weighted by molar-refractivity contribution is 7.92. The Kier molecular flexibility index (Phi) is 7.81. The summed E-state index contributed by atoms with van der Waals surface area (Å²) in [7, 11) is -3.56. The highest BCUT2D eigenvalue weighted by Crippen LogP contribution is 2.22. The largest absolute Gasteiger partial charge is 0.273 e. The molecule has 0 bridgehead atoms. The number of carbonyl (C=O) groups is 1. The van der Waals surface area contributed by atoms with Crippen LogP contribution in [0.3, 0.4) is 0 Å². The second-order valence-corrected chi connectivity index (χ2v) is 8.35. The monoisotopic (exact) mass is 375 g/mol. The van der Waals surface area contributed by atoms with Crippen LogP contribution in [0.15, 0.2) is 65.6 Å². The molecule has 1 amide bonds. The van der Waals surface area contributed by atoms with Gasteiger partial charge in [0, 0.05) is 6.42 Å². The number of hydroxylamine groups is 1. The normalized spacial score (nSPS) is 12.5. The van der Waals surface area contributed by atoms with Crippen LogP contribution < -0.4 is 5.48 Å². The summed E-state index contributed by atoms with van der Waals surface area (Å²) >= 11 is 0. The molecule has 0 heterocycles. The maximum Gasteiger partial charge on any atom is 0.244 e. The van der Waals surface area contributed by atoms with Gasteiger partial charge in [-0.25, -0.2) is 13.9 Å². The average molecular weight is 375 g/mol. The van der Waals surface area contributed by atoms with Crippen LogP contribution in [0.2, 0.25) is 0 Å². The number of carbonyl (C=O) groups excluding carboxylic acids is 1. The summed E-state index contributed by atoms with van der Waals surface area (Å²) in [5, 5.41) is -0.759. The van der Waals surface area contributed by atoms with Gasteiger partial charge >= 0.3 is 0 Å². The lowest BCUT2D eigenvalue weighted by atomic mass is 10.1. The molecule has 0 fully saturated rings. The van der Waals surface area contributed by atoms with Crippen molar-refractivity contribution in [1.29, 1.82) is 0 Å². The van der Waals surface area contributed by atoms with Crippen molar-refractivity contribution in [2.75, 3.05) is 0 Å². The minimum absolute atomic E-state index is 0.119. The van der Waals surface area contributed by atoms with Crippen molar-refractivity contribution >= 4 is 15.7 Å². The van der Waals surface area contributed by atoms with Gasteiger partial charge in [-0.3, -0.25) is 9.63 Å². The molecule has 0 radical (unpaired) electrons. The van der Waals surface area contributed by atoms with Crippen molar-refractivity contribution in [2.45, 2.75) is 49.4 Å². The van der Waals surface area contributed by atoms with Gasteiger partial charge in [-0.1, -0.05) is 68.3 Å². The van der Waals surface area contributed by atoms with E-state index in [2.05, 4.69) is 5.48 Å². The molecule has 0 aliphatic rings. The standard InChI is InChI=1S/C20H25NO4S/c1-2-3-12-19(26(23,24)18-13-8-5-9-14-18)15-20(22)21-25-16-17-10-6-4-7-11-17/h4-11,13-14,19H,2-3,12,15-16H2,1H3,(H,21,22)/t19-/m1/s1. The smallest absolute Gasteiger partial charge is 0.244 e. The highest BCUT2D eigenvalue weighted by Gasteiger charge is 2.29. The first-order valence-corrected chi connectivity index (χ1v) is 10.3. The molecular weight excluding hydrogens is 350 g/mol. The molecule has 2 rings (SSSR count). The van der Waals surface area contributed by atoms with E-state index in [0.717, 1.165) is 18.4 Å². The van der Waals surface area contributed by atoms with Crippen LogP contribution in [0, 0.1) is 0 Å². The van der Waals surface area contributed by atoms with Crippen molar-refractivity contribution in [3.63, 3.8) is 0 Å². The maximum atomic E-state index is 12.8. The van der Waals surface area contributed by atoms with Crippen LogP contribution in [0.5, 0.6) is 0 Å². The van der Waals surface area contributed by atoms with E-state index in [1.807, 2.05) is 37.3 Å². The molecule has 26 heavy (non-hydrogen) atoms. The first-order valence-electron chi connectivity index (χ1n) is 8.77. The van der Waals surface area contributed by atoms with E-state index in [1.54, 1.807) is 30.3 Å². The lowest BCUT2D eigenvalue weighted by molar-refractivity contribution is -0.134. The molecule has 0 saturated carbocycles. The Labute approximate surface area is 155 Å². The zero-order valence-electron chi connectivity index (χ0n) is 14.9. The molecule has 6 heteroatoms. The van der Waals surface area contributed by atoms with Crippen molar-refractivity contribution in [1.82, 2.24) is 5.48 Å². The number of rotatable bonds is 10. The summed E-state index contributed by atoms with van der Waals surface area (Å²) in [4.78, 5) is 17.6. The number of unbranched alkanes of at least 4 members (excludes halogenated alkanes) is 1. The maximum absolute atomic E-state index is 12.8. The Morgan fingerprint density at radius 3 is 2.27 bits per heavy atom. The average Bonchev–Trinajstić information content (AvgIpc) is 2.66. The molecule has 2 aromatic carbocycles. The zero-order valence-corrected chi connectivity index (χ0v) is 15.7. The van der Waals surface area contributed by atoms with Crippen LogP contribution in [-0.4, -0.2) is 19.6 Å².